The van der Waals surface area contributed by atoms with Crippen molar-refractivity contribution in [1.82, 2.24) is 10.1 Å². The molecule has 1 amide bonds. The highest BCUT2D eigenvalue weighted by Gasteiger charge is 2.22. The summed E-state index contributed by atoms with van der Waals surface area (Å²) in [6, 6.07) is 15.2. The van der Waals surface area contributed by atoms with Crippen molar-refractivity contribution in [3.8, 4) is 28.5 Å². The van der Waals surface area contributed by atoms with Gasteiger partial charge >= 0.3 is 0 Å². The van der Waals surface area contributed by atoms with Crippen LogP contribution in [0.25, 0.3) is 11.3 Å². The summed E-state index contributed by atoms with van der Waals surface area (Å²) in [5.41, 5.74) is 2.34. The van der Waals surface area contributed by atoms with Gasteiger partial charge in [0, 0.05) is 37.2 Å². The molecule has 3 aromatic rings. The Bertz CT molecular complexity index is 998. The van der Waals surface area contributed by atoms with Gasteiger partial charge in [-0.1, -0.05) is 35.5 Å². The van der Waals surface area contributed by atoms with Crippen LogP contribution in [0.3, 0.4) is 0 Å². The maximum atomic E-state index is 12.9. The van der Waals surface area contributed by atoms with Crippen LogP contribution in [-0.2, 0) is 6.42 Å². The van der Waals surface area contributed by atoms with Crippen molar-refractivity contribution in [2.45, 2.75) is 12.8 Å². The third-order valence-electron chi connectivity index (χ3n) is 4.97. The van der Waals surface area contributed by atoms with E-state index in [4.69, 9.17) is 18.7 Å². The average molecular weight is 408 g/mol. The number of aromatic nitrogens is 1. The lowest BCUT2D eigenvalue weighted by Gasteiger charge is -2.23. The van der Waals surface area contributed by atoms with Crippen LogP contribution < -0.4 is 14.2 Å². The molecular formula is C23H24N2O5. The van der Waals surface area contributed by atoms with E-state index in [1.54, 1.807) is 31.2 Å². The van der Waals surface area contributed by atoms with Gasteiger partial charge in [-0.2, -0.15) is 0 Å². The minimum Gasteiger partial charge on any atom is -0.493 e. The van der Waals surface area contributed by atoms with Gasteiger partial charge in [-0.05, 0) is 18.6 Å². The van der Waals surface area contributed by atoms with Gasteiger partial charge in [-0.15, -0.1) is 0 Å². The second kappa shape index (κ2) is 8.90. The van der Waals surface area contributed by atoms with Gasteiger partial charge in [0.15, 0.2) is 11.5 Å². The molecule has 30 heavy (non-hydrogen) atoms. The normalized spacial score (nSPS) is 12.5. The van der Waals surface area contributed by atoms with Crippen LogP contribution >= 0.6 is 0 Å². The third-order valence-corrected chi connectivity index (χ3v) is 4.97. The molecule has 0 spiro atoms. The van der Waals surface area contributed by atoms with E-state index >= 15 is 0 Å². The van der Waals surface area contributed by atoms with Crippen LogP contribution in [0.15, 0.2) is 53.1 Å². The quantitative estimate of drug-likeness (QED) is 0.592. The Labute approximate surface area is 175 Å². The van der Waals surface area contributed by atoms with Crippen molar-refractivity contribution in [1.29, 1.82) is 0 Å². The van der Waals surface area contributed by atoms with E-state index in [-0.39, 0.29) is 5.91 Å². The molecule has 0 N–H and O–H groups in total. The monoisotopic (exact) mass is 408 g/mol. The van der Waals surface area contributed by atoms with Gasteiger partial charge in [0.05, 0.1) is 7.11 Å². The second-order valence-electron chi connectivity index (χ2n) is 7.08. The summed E-state index contributed by atoms with van der Waals surface area (Å²) < 4.78 is 22.0. The first kappa shape index (κ1) is 19.8. The van der Waals surface area contributed by atoms with E-state index < -0.39 is 0 Å². The summed E-state index contributed by atoms with van der Waals surface area (Å²) >= 11 is 0. The molecule has 0 unspecified atom stereocenters. The fourth-order valence-corrected chi connectivity index (χ4v) is 3.38. The maximum absolute atomic E-state index is 12.9. The van der Waals surface area contributed by atoms with Crippen LogP contribution in [-0.4, -0.2) is 49.9 Å². The van der Waals surface area contributed by atoms with Crippen molar-refractivity contribution in [3.63, 3.8) is 0 Å². The number of carbonyl (C=O) groups excluding carboxylic acids is 1. The van der Waals surface area contributed by atoms with Crippen LogP contribution in [0.4, 0.5) is 0 Å². The molecule has 1 aliphatic heterocycles. The Morgan fingerprint density at radius 3 is 2.73 bits per heavy atom. The summed E-state index contributed by atoms with van der Waals surface area (Å²) in [5.74, 6) is 2.28. The summed E-state index contributed by atoms with van der Waals surface area (Å²) in [7, 11) is 3.33. The highest BCUT2D eigenvalue weighted by atomic mass is 16.6. The highest BCUT2D eigenvalue weighted by Crippen LogP contribution is 2.40. The van der Waals surface area contributed by atoms with Gasteiger partial charge in [0.1, 0.15) is 24.7 Å². The van der Waals surface area contributed by atoms with Crippen LogP contribution in [0, 0.1) is 0 Å². The number of aryl methyl sites for hydroxylation is 1. The number of benzene rings is 2. The number of hydrogen-bond acceptors (Lipinski definition) is 6. The van der Waals surface area contributed by atoms with Gasteiger partial charge < -0.3 is 23.6 Å². The molecule has 0 atom stereocenters. The Morgan fingerprint density at radius 1 is 1.13 bits per heavy atom. The zero-order valence-corrected chi connectivity index (χ0v) is 17.1. The molecule has 0 saturated heterocycles. The Kier molecular flexibility index (Phi) is 5.88. The van der Waals surface area contributed by atoms with Crippen molar-refractivity contribution in [3.05, 3.63) is 59.9 Å². The fourth-order valence-electron chi connectivity index (χ4n) is 3.38. The zero-order valence-electron chi connectivity index (χ0n) is 17.1. The first-order chi connectivity index (χ1) is 14.7. The number of methoxy groups -OCH3 is 1. The van der Waals surface area contributed by atoms with Gasteiger partial charge in [-0.3, -0.25) is 4.79 Å². The number of hydrogen-bond donors (Lipinski definition) is 0. The number of fused-ring (bicyclic) bond motifs is 1. The standard InChI is InChI=1S/C23H24N2O5/c1-25(10-6-9-18-15-19(24-30-18)16-7-4-3-5-8-16)23(26)17-13-20(27-2)22-21(14-17)28-11-12-29-22/h3-5,7-8,13-15H,6,9-12H2,1-2H3. The first-order valence-corrected chi connectivity index (χ1v) is 9.90. The molecule has 0 bridgehead atoms. The number of carbonyl (C=O) groups is 1. The molecule has 0 aliphatic carbocycles. The number of amides is 1. The van der Waals surface area contributed by atoms with Crippen molar-refractivity contribution in [2.24, 2.45) is 0 Å². The van der Waals surface area contributed by atoms with E-state index in [9.17, 15) is 4.79 Å². The average Bonchev–Trinajstić information content (AvgIpc) is 3.27. The van der Waals surface area contributed by atoms with Gasteiger partial charge in [0.2, 0.25) is 5.75 Å². The predicted octanol–water partition coefficient (Wildman–Crippen LogP) is 3.83. The SMILES string of the molecule is COc1cc(C(=O)N(C)CCCc2cc(-c3ccccc3)no2)cc2c1OCCO2. The minimum absolute atomic E-state index is 0.104. The molecule has 1 aliphatic rings. The van der Waals surface area contributed by atoms with E-state index in [2.05, 4.69) is 5.16 Å². The molecule has 2 aromatic carbocycles. The topological polar surface area (TPSA) is 74.0 Å². The van der Waals surface area contributed by atoms with E-state index in [1.807, 2.05) is 36.4 Å². The molecule has 7 heteroatoms. The molecular weight excluding hydrogens is 384 g/mol. The third kappa shape index (κ3) is 4.25. The zero-order chi connectivity index (χ0) is 20.9. The van der Waals surface area contributed by atoms with E-state index in [1.165, 1.54) is 0 Å². The van der Waals surface area contributed by atoms with Crippen LogP contribution in [0.2, 0.25) is 0 Å². The molecule has 1 aromatic heterocycles. The summed E-state index contributed by atoms with van der Waals surface area (Å²) in [6.07, 6.45) is 1.45. The van der Waals surface area contributed by atoms with Crippen molar-refractivity contribution < 1.29 is 23.5 Å². The number of ether oxygens (including phenoxy) is 3. The Balaban J connectivity index is 1.36. The van der Waals surface area contributed by atoms with Gasteiger partial charge in [-0.25, -0.2) is 0 Å². The molecule has 0 radical (unpaired) electrons. The molecule has 7 nitrogen and oxygen atoms in total. The summed E-state index contributed by atoms with van der Waals surface area (Å²) in [5, 5.41) is 4.13. The maximum Gasteiger partial charge on any atom is 0.253 e. The van der Waals surface area contributed by atoms with Crippen molar-refractivity contribution in [2.75, 3.05) is 33.9 Å². The fraction of sp³-hybridized carbons (Fsp3) is 0.304. The molecule has 2 heterocycles. The minimum atomic E-state index is -0.104. The highest BCUT2D eigenvalue weighted by molar-refractivity contribution is 5.95. The molecule has 0 fully saturated rings. The molecule has 156 valence electrons. The molecule has 4 rings (SSSR count). The second-order valence-corrected chi connectivity index (χ2v) is 7.08. The number of nitrogens with zero attached hydrogens (tertiary/aromatic N) is 2. The first-order valence-electron chi connectivity index (χ1n) is 9.90. The van der Waals surface area contributed by atoms with Crippen molar-refractivity contribution >= 4 is 5.91 Å². The lowest BCUT2D eigenvalue weighted by Crippen LogP contribution is -2.28. The largest absolute Gasteiger partial charge is 0.493 e. The van der Waals surface area contributed by atoms with E-state index in [0.717, 1.165) is 23.4 Å². The summed E-state index contributed by atoms with van der Waals surface area (Å²) in [4.78, 5) is 14.5. The smallest absolute Gasteiger partial charge is 0.253 e. The Morgan fingerprint density at radius 2 is 1.93 bits per heavy atom. The van der Waals surface area contributed by atoms with Gasteiger partial charge in [0.25, 0.3) is 5.91 Å². The van der Waals surface area contributed by atoms with Crippen LogP contribution in [0.1, 0.15) is 22.5 Å². The van der Waals surface area contributed by atoms with Crippen LogP contribution in [0.5, 0.6) is 17.2 Å². The summed E-state index contributed by atoms with van der Waals surface area (Å²) in [6.45, 7) is 1.49. The van der Waals surface area contributed by atoms with E-state index in [0.29, 0.717) is 49.0 Å². The lowest BCUT2D eigenvalue weighted by atomic mass is 10.1. The predicted molar refractivity (Wildman–Crippen MR) is 111 cm³/mol. The Hall–Kier alpha value is -3.48. The molecule has 0 saturated carbocycles. The lowest BCUT2D eigenvalue weighted by molar-refractivity contribution is 0.0791. The number of rotatable bonds is 7.